The first-order valence-electron chi connectivity index (χ1n) is 6.80. The minimum absolute atomic E-state index is 0.0684. The zero-order valence-corrected chi connectivity index (χ0v) is 15.1. The maximum absolute atomic E-state index is 12.0. The Kier molecular flexibility index (Phi) is 6.11. The average molecular weight is 411 g/mol. The van der Waals surface area contributed by atoms with Crippen molar-refractivity contribution in [2.75, 3.05) is 11.1 Å². The molecule has 0 radical (unpaired) electrons. The molecule has 2 nitrogen and oxygen atoms in total. The first-order valence-corrected chi connectivity index (χ1v) is 8.86. The second-order valence-corrected chi connectivity index (χ2v) is 7.33. The molecular weight excluding hydrogens is 393 g/mol. The number of anilines is 1. The zero-order chi connectivity index (χ0) is 15.2. The monoisotopic (exact) mass is 411 g/mol. The Morgan fingerprint density at radius 1 is 1.14 bits per heavy atom. The highest BCUT2D eigenvalue weighted by Crippen LogP contribution is 2.20. The molecule has 0 aliphatic carbocycles. The van der Waals surface area contributed by atoms with E-state index in [2.05, 4.69) is 65.2 Å². The van der Waals surface area contributed by atoms with Crippen LogP contribution in [0, 0.1) is 17.4 Å². The largest absolute Gasteiger partial charge is 0.326 e. The number of halogens is 1. The predicted octanol–water partition coefficient (Wildman–Crippen LogP) is 5.03. The van der Waals surface area contributed by atoms with E-state index in [0.717, 1.165) is 17.0 Å². The standard InChI is InChI=1S/C17H18INOS/c1-12-3-6-15(7-4-12)21-10-9-17(20)19-16-8-5-14(18)11-13(16)2/h3-8,11H,9-10H2,1-2H3,(H,19,20). The van der Waals surface area contributed by atoms with Gasteiger partial charge in [0.2, 0.25) is 5.91 Å². The molecule has 2 rings (SSSR count). The van der Waals surface area contributed by atoms with E-state index in [-0.39, 0.29) is 5.91 Å². The molecule has 0 bridgehead atoms. The van der Waals surface area contributed by atoms with E-state index < -0.39 is 0 Å². The molecule has 0 atom stereocenters. The number of thioether (sulfide) groups is 1. The van der Waals surface area contributed by atoms with Crippen molar-refractivity contribution in [2.24, 2.45) is 0 Å². The summed E-state index contributed by atoms with van der Waals surface area (Å²) < 4.78 is 1.18. The summed E-state index contributed by atoms with van der Waals surface area (Å²) in [7, 11) is 0. The van der Waals surface area contributed by atoms with E-state index in [0.29, 0.717) is 6.42 Å². The third kappa shape index (κ3) is 5.36. The van der Waals surface area contributed by atoms with E-state index >= 15 is 0 Å². The molecular formula is C17H18INOS. The number of benzene rings is 2. The number of carbonyl (C=O) groups excluding carboxylic acids is 1. The van der Waals surface area contributed by atoms with Gasteiger partial charge in [-0.1, -0.05) is 17.7 Å². The van der Waals surface area contributed by atoms with Crippen LogP contribution in [0.2, 0.25) is 0 Å². The fourth-order valence-electron chi connectivity index (χ4n) is 1.88. The van der Waals surface area contributed by atoms with Gasteiger partial charge in [-0.05, 0) is 72.3 Å². The smallest absolute Gasteiger partial charge is 0.225 e. The van der Waals surface area contributed by atoms with E-state index in [4.69, 9.17) is 0 Å². The molecule has 2 aromatic rings. The molecule has 0 unspecified atom stereocenters. The van der Waals surface area contributed by atoms with E-state index in [1.165, 1.54) is 14.0 Å². The molecule has 4 heteroatoms. The Bertz CT molecular complexity index is 625. The molecule has 0 saturated heterocycles. The lowest BCUT2D eigenvalue weighted by atomic mass is 10.2. The van der Waals surface area contributed by atoms with Crippen LogP contribution in [-0.2, 0) is 4.79 Å². The lowest BCUT2D eigenvalue weighted by molar-refractivity contribution is -0.115. The van der Waals surface area contributed by atoms with E-state index in [9.17, 15) is 4.79 Å². The lowest BCUT2D eigenvalue weighted by Gasteiger charge is -2.08. The van der Waals surface area contributed by atoms with Crippen LogP contribution in [0.15, 0.2) is 47.4 Å². The molecule has 0 aromatic heterocycles. The highest BCUT2D eigenvalue weighted by Gasteiger charge is 2.05. The first kappa shape index (κ1) is 16.4. The summed E-state index contributed by atoms with van der Waals surface area (Å²) in [4.78, 5) is 13.2. The third-order valence-electron chi connectivity index (χ3n) is 3.08. The molecule has 0 saturated carbocycles. The van der Waals surface area contributed by atoms with Gasteiger partial charge in [-0.2, -0.15) is 0 Å². The van der Waals surface area contributed by atoms with Crippen molar-refractivity contribution in [3.05, 3.63) is 57.2 Å². The minimum Gasteiger partial charge on any atom is -0.326 e. The summed E-state index contributed by atoms with van der Waals surface area (Å²) in [5.74, 6) is 0.858. The summed E-state index contributed by atoms with van der Waals surface area (Å²) in [6.07, 6.45) is 0.518. The molecule has 0 fully saturated rings. The van der Waals surface area contributed by atoms with Gasteiger partial charge in [0.15, 0.2) is 0 Å². The van der Waals surface area contributed by atoms with Crippen molar-refractivity contribution in [3.63, 3.8) is 0 Å². The highest BCUT2D eigenvalue weighted by atomic mass is 127. The quantitative estimate of drug-likeness (QED) is 0.553. The van der Waals surface area contributed by atoms with Crippen molar-refractivity contribution in [1.82, 2.24) is 0 Å². The zero-order valence-electron chi connectivity index (χ0n) is 12.2. The maximum atomic E-state index is 12.0. The second kappa shape index (κ2) is 7.84. The maximum Gasteiger partial charge on any atom is 0.225 e. The Morgan fingerprint density at radius 2 is 1.86 bits per heavy atom. The number of carbonyl (C=O) groups is 1. The topological polar surface area (TPSA) is 29.1 Å². The molecule has 0 aliphatic rings. The van der Waals surface area contributed by atoms with Crippen LogP contribution in [0.4, 0.5) is 5.69 Å². The number of rotatable bonds is 5. The van der Waals surface area contributed by atoms with E-state index in [1.54, 1.807) is 11.8 Å². The van der Waals surface area contributed by atoms with Crippen LogP contribution in [-0.4, -0.2) is 11.7 Å². The van der Waals surface area contributed by atoms with Gasteiger partial charge in [-0.15, -0.1) is 11.8 Å². The van der Waals surface area contributed by atoms with Crippen LogP contribution in [0.1, 0.15) is 17.5 Å². The third-order valence-corrected chi connectivity index (χ3v) is 4.77. The molecule has 0 heterocycles. The fraction of sp³-hybridized carbons (Fsp3) is 0.235. The fourth-order valence-corrected chi connectivity index (χ4v) is 3.37. The highest BCUT2D eigenvalue weighted by molar-refractivity contribution is 14.1. The Balaban J connectivity index is 1.81. The second-order valence-electron chi connectivity index (χ2n) is 4.92. The van der Waals surface area contributed by atoms with Crippen LogP contribution in [0.25, 0.3) is 0 Å². The summed E-state index contributed by atoms with van der Waals surface area (Å²) >= 11 is 3.98. The Morgan fingerprint density at radius 3 is 2.52 bits per heavy atom. The van der Waals surface area contributed by atoms with Crippen LogP contribution >= 0.6 is 34.4 Å². The van der Waals surface area contributed by atoms with Crippen LogP contribution in [0.3, 0.4) is 0 Å². The van der Waals surface area contributed by atoms with Crippen molar-refractivity contribution < 1.29 is 4.79 Å². The normalized spacial score (nSPS) is 10.4. The minimum atomic E-state index is 0.0684. The number of hydrogen-bond acceptors (Lipinski definition) is 2. The van der Waals surface area contributed by atoms with Gasteiger partial charge < -0.3 is 5.32 Å². The van der Waals surface area contributed by atoms with Gasteiger partial charge in [-0.3, -0.25) is 4.79 Å². The van der Waals surface area contributed by atoms with Crippen molar-refractivity contribution in [2.45, 2.75) is 25.2 Å². The summed E-state index contributed by atoms with van der Waals surface area (Å²) in [6.45, 7) is 4.09. The van der Waals surface area contributed by atoms with Gasteiger partial charge >= 0.3 is 0 Å². The Labute approximate surface area is 143 Å². The van der Waals surface area contributed by atoms with Gasteiger partial charge in [-0.25, -0.2) is 0 Å². The number of amides is 1. The van der Waals surface area contributed by atoms with E-state index in [1.807, 2.05) is 19.1 Å². The van der Waals surface area contributed by atoms with Gasteiger partial charge in [0.1, 0.15) is 0 Å². The van der Waals surface area contributed by atoms with Gasteiger partial charge in [0.25, 0.3) is 0 Å². The lowest BCUT2D eigenvalue weighted by Crippen LogP contribution is -2.13. The molecule has 1 N–H and O–H groups in total. The molecule has 21 heavy (non-hydrogen) atoms. The number of nitrogens with one attached hydrogen (secondary N) is 1. The number of hydrogen-bond donors (Lipinski definition) is 1. The SMILES string of the molecule is Cc1ccc(SCCC(=O)Nc2ccc(I)cc2C)cc1. The summed E-state index contributed by atoms with van der Waals surface area (Å²) in [6, 6.07) is 14.4. The molecule has 0 aliphatic heterocycles. The number of aryl methyl sites for hydroxylation is 2. The van der Waals surface area contributed by atoms with Gasteiger partial charge in [0, 0.05) is 26.3 Å². The molecule has 0 spiro atoms. The molecule has 2 aromatic carbocycles. The van der Waals surface area contributed by atoms with Crippen LogP contribution in [0.5, 0.6) is 0 Å². The molecule has 110 valence electrons. The molecule has 1 amide bonds. The summed E-state index contributed by atoms with van der Waals surface area (Å²) in [5.41, 5.74) is 3.26. The van der Waals surface area contributed by atoms with Crippen molar-refractivity contribution in [3.8, 4) is 0 Å². The van der Waals surface area contributed by atoms with Gasteiger partial charge in [0.05, 0.1) is 0 Å². The average Bonchev–Trinajstić information content (AvgIpc) is 2.44. The van der Waals surface area contributed by atoms with Crippen LogP contribution < -0.4 is 5.32 Å². The van der Waals surface area contributed by atoms with Crippen molar-refractivity contribution >= 4 is 45.9 Å². The Hall–Kier alpha value is -1.01. The summed E-state index contributed by atoms with van der Waals surface area (Å²) in [5, 5.41) is 2.98. The van der Waals surface area contributed by atoms with Crippen molar-refractivity contribution in [1.29, 1.82) is 0 Å². The first-order chi connectivity index (χ1) is 10.0. The predicted molar refractivity (Wildman–Crippen MR) is 99.0 cm³/mol.